The van der Waals surface area contributed by atoms with Crippen LogP contribution in [-0.4, -0.2) is 6.21 Å². The van der Waals surface area contributed by atoms with Crippen LogP contribution in [0.5, 0.6) is 0 Å². The molecule has 0 saturated heterocycles. The first-order valence-corrected chi connectivity index (χ1v) is 10.9. The monoisotopic (exact) mass is 401 g/mol. The van der Waals surface area contributed by atoms with Crippen LogP contribution in [0.2, 0.25) is 0 Å². The fraction of sp³-hybridized carbons (Fsp3) is 0.167. The summed E-state index contributed by atoms with van der Waals surface area (Å²) in [5.74, 6) is 0.266. The maximum atomic E-state index is 5.04. The summed E-state index contributed by atoms with van der Waals surface area (Å²) in [6, 6.07) is 26.3. The second kappa shape index (κ2) is 7.67. The van der Waals surface area contributed by atoms with Gasteiger partial charge >= 0.3 is 0 Å². The van der Waals surface area contributed by atoms with Crippen LogP contribution < -0.4 is 0 Å². The van der Waals surface area contributed by atoms with Gasteiger partial charge in [0, 0.05) is 17.7 Å². The largest absolute Gasteiger partial charge is 0.256 e. The minimum absolute atomic E-state index is 0.266. The lowest BCUT2D eigenvalue weighted by Crippen LogP contribution is -2.04. The van der Waals surface area contributed by atoms with E-state index in [1.807, 2.05) is 0 Å². The van der Waals surface area contributed by atoms with E-state index in [0.717, 1.165) is 5.69 Å². The van der Waals surface area contributed by atoms with E-state index in [4.69, 9.17) is 4.99 Å². The van der Waals surface area contributed by atoms with Crippen molar-refractivity contribution < 1.29 is 0 Å². The van der Waals surface area contributed by atoms with E-state index in [0.29, 0.717) is 0 Å². The molecule has 0 radical (unpaired) electrons. The zero-order valence-electron chi connectivity index (χ0n) is 18.6. The Morgan fingerprint density at radius 3 is 2.26 bits per heavy atom. The molecule has 152 valence electrons. The van der Waals surface area contributed by atoms with Crippen molar-refractivity contribution in [2.45, 2.75) is 33.6 Å². The normalized spacial score (nSPS) is 15.5. The van der Waals surface area contributed by atoms with Crippen LogP contribution in [0.1, 0.15) is 51.8 Å². The van der Waals surface area contributed by atoms with Crippen LogP contribution in [0.15, 0.2) is 83.4 Å². The van der Waals surface area contributed by atoms with Crippen LogP contribution in [0, 0.1) is 20.8 Å². The van der Waals surface area contributed by atoms with E-state index in [1.54, 1.807) is 0 Å². The van der Waals surface area contributed by atoms with Crippen molar-refractivity contribution >= 4 is 28.8 Å². The average Bonchev–Trinajstić information content (AvgIpc) is 3.08. The molecule has 1 atom stereocenters. The highest BCUT2D eigenvalue weighted by Gasteiger charge is 2.26. The Balaban J connectivity index is 1.72. The molecule has 0 aromatic heterocycles. The van der Waals surface area contributed by atoms with Crippen molar-refractivity contribution in [1.29, 1.82) is 0 Å². The van der Waals surface area contributed by atoms with Gasteiger partial charge in [0.2, 0.25) is 0 Å². The van der Waals surface area contributed by atoms with Gasteiger partial charge in [-0.3, -0.25) is 4.99 Å². The Kier molecular flexibility index (Phi) is 4.82. The van der Waals surface area contributed by atoms with Crippen LogP contribution >= 0.6 is 0 Å². The zero-order valence-corrected chi connectivity index (χ0v) is 18.6. The first-order valence-electron chi connectivity index (χ1n) is 10.9. The molecule has 0 N–H and O–H groups in total. The molecule has 1 nitrogen and oxygen atoms in total. The van der Waals surface area contributed by atoms with Gasteiger partial charge in [-0.05, 0) is 66.3 Å². The molecular weight excluding hydrogens is 374 g/mol. The lowest BCUT2D eigenvalue weighted by molar-refractivity contribution is 0.977. The predicted molar refractivity (Wildman–Crippen MR) is 134 cm³/mol. The number of rotatable bonds is 3. The molecule has 4 aromatic carbocycles. The zero-order chi connectivity index (χ0) is 21.5. The van der Waals surface area contributed by atoms with E-state index >= 15 is 0 Å². The third kappa shape index (κ3) is 3.41. The molecule has 5 rings (SSSR count). The van der Waals surface area contributed by atoms with Crippen molar-refractivity contribution in [2.24, 2.45) is 4.99 Å². The molecule has 0 aliphatic heterocycles. The third-order valence-electron chi connectivity index (χ3n) is 6.42. The summed E-state index contributed by atoms with van der Waals surface area (Å²) in [6.45, 7) is 8.69. The standard InChI is InChI=1S/C30H27N/c1-19-15-21(3)30(22(4)16-19)31-18-28-25-11-7-5-9-23(25)13-14-27(28)29-20(2)17-24-10-6-8-12-26(24)29/h5-18,29H,1-4H3/b31-18+. The predicted octanol–water partition coefficient (Wildman–Crippen LogP) is 8.06. The van der Waals surface area contributed by atoms with Gasteiger partial charge in [-0.1, -0.05) is 90.0 Å². The lowest BCUT2D eigenvalue weighted by Gasteiger charge is -2.19. The number of hydrogen-bond acceptors (Lipinski definition) is 1. The first kappa shape index (κ1) is 19.5. The van der Waals surface area contributed by atoms with E-state index in [2.05, 4.69) is 113 Å². The second-order valence-corrected chi connectivity index (χ2v) is 8.75. The lowest BCUT2D eigenvalue weighted by atomic mass is 9.84. The summed E-state index contributed by atoms with van der Waals surface area (Å²) >= 11 is 0. The molecule has 1 aliphatic carbocycles. The third-order valence-corrected chi connectivity index (χ3v) is 6.42. The number of allylic oxidation sites excluding steroid dienone is 1. The van der Waals surface area contributed by atoms with Crippen LogP contribution in [0.25, 0.3) is 16.8 Å². The molecule has 4 aromatic rings. The molecule has 1 aliphatic rings. The topological polar surface area (TPSA) is 12.4 Å². The van der Waals surface area contributed by atoms with Gasteiger partial charge in [0.15, 0.2) is 0 Å². The molecule has 1 heteroatoms. The van der Waals surface area contributed by atoms with Crippen LogP contribution in [0.4, 0.5) is 5.69 Å². The summed E-state index contributed by atoms with van der Waals surface area (Å²) in [7, 11) is 0. The van der Waals surface area contributed by atoms with Gasteiger partial charge < -0.3 is 0 Å². The number of fused-ring (bicyclic) bond motifs is 2. The van der Waals surface area contributed by atoms with Crippen molar-refractivity contribution in [3.8, 4) is 0 Å². The SMILES string of the molecule is CC1=Cc2ccccc2C1c1ccc2ccccc2c1/C=N/c1c(C)cc(C)cc1C. The highest BCUT2D eigenvalue weighted by Crippen LogP contribution is 2.43. The van der Waals surface area contributed by atoms with Gasteiger partial charge in [0.1, 0.15) is 0 Å². The highest BCUT2D eigenvalue weighted by atomic mass is 14.7. The molecule has 0 heterocycles. The Bertz CT molecular complexity index is 1350. The Morgan fingerprint density at radius 2 is 1.45 bits per heavy atom. The molecule has 0 fully saturated rings. The molecule has 0 amide bonds. The summed E-state index contributed by atoms with van der Waals surface area (Å²) in [5.41, 5.74) is 11.4. The highest BCUT2D eigenvalue weighted by molar-refractivity contribution is 6.02. The van der Waals surface area contributed by atoms with E-state index in [9.17, 15) is 0 Å². The molecule has 1 unspecified atom stereocenters. The summed E-state index contributed by atoms with van der Waals surface area (Å²) in [4.78, 5) is 5.04. The number of aliphatic imine (C=N–C) groups is 1. The molecular formula is C30H27N. The molecule has 0 saturated carbocycles. The summed E-state index contributed by atoms with van der Waals surface area (Å²) in [5, 5.41) is 2.50. The molecule has 0 bridgehead atoms. The maximum Gasteiger partial charge on any atom is 0.0688 e. The number of nitrogens with zero attached hydrogens (tertiary/aromatic N) is 1. The maximum absolute atomic E-state index is 5.04. The summed E-state index contributed by atoms with van der Waals surface area (Å²) in [6.07, 6.45) is 4.42. The Morgan fingerprint density at radius 1 is 0.742 bits per heavy atom. The van der Waals surface area contributed by atoms with E-state index in [-0.39, 0.29) is 5.92 Å². The van der Waals surface area contributed by atoms with Gasteiger partial charge in [-0.2, -0.15) is 0 Å². The average molecular weight is 402 g/mol. The van der Waals surface area contributed by atoms with Gasteiger partial charge in [-0.25, -0.2) is 0 Å². The van der Waals surface area contributed by atoms with Crippen molar-refractivity contribution in [3.05, 3.63) is 117 Å². The summed E-state index contributed by atoms with van der Waals surface area (Å²) < 4.78 is 0. The molecule has 31 heavy (non-hydrogen) atoms. The minimum atomic E-state index is 0.266. The van der Waals surface area contributed by atoms with Crippen molar-refractivity contribution in [3.63, 3.8) is 0 Å². The van der Waals surface area contributed by atoms with Crippen LogP contribution in [0.3, 0.4) is 0 Å². The van der Waals surface area contributed by atoms with Crippen LogP contribution in [-0.2, 0) is 0 Å². The fourth-order valence-corrected chi connectivity index (χ4v) is 5.11. The fourth-order valence-electron chi connectivity index (χ4n) is 5.11. The Hall–Kier alpha value is -3.45. The van der Waals surface area contributed by atoms with Crippen molar-refractivity contribution in [1.82, 2.24) is 0 Å². The van der Waals surface area contributed by atoms with Gasteiger partial charge in [0.25, 0.3) is 0 Å². The number of aryl methyl sites for hydroxylation is 3. The molecule has 0 spiro atoms. The van der Waals surface area contributed by atoms with E-state index in [1.165, 1.54) is 55.3 Å². The number of hydrogen-bond donors (Lipinski definition) is 0. The quantitative estimate of drug-likeness (QED) is 0.308. The van der Waals surface area contributed by atoms with Gasteiger partial charge in [0.05, 0.1) is 5.69 Å². The smallest absolute Gasteiger partial charge is 0.0688 e. The number of benzene rings is 4. The first-order chi connectivity index (χ1) is 15.0. The van der Waals surface area contributed by atoms with E-state index < -0.39 is 0 Å². The minimum Gasteiger partial charge on any atom is -0.256 e. The van der Waals surface area contributed by atoms with Crippen molar-refractivity contribution in [2.75, 3.05) is 0 Å². The second-order valence-electron chi connectivity index (χ2n) is 8.75. The Labute approximate surface area is 184 Å². The van der Waals surface area contributed by atoms with Gasteiger partial charge in [-0.15, -0.1) is 0 Å².